The third-order valence-corrected chi connectivity index (χ3v) is 4.13. The van der Waals surface area contributed by atoms with Crippen molar-refractivity contribution < 1.29 is 4.42 Å². The van der Waals surface area contributed by atoms with E-state index in [0.29, 0.717) is 6.54 Å². The van der Waals surface area contributed by atoms with Gasteiger partial charge in [-0.05, 0) is 36.5 Å². The Morgan fingerprint density at radius 1 is 0.947 bits per heavy atom. The quantitative estimate of drug-likeness (QED) is 0.879. The second-order valence-corrected chi connectivity index (χ2v) is 5.43. The van der Waals surface area contributed by atoms with Crippen molar-refractivity contribution in [2.24, 2.45) is 5.73 Å². The molecular weight excluding hydrogens is 234 g/mol. The molecule has 0 unspecified atom stereocenters. The normalized spacial score (nSPS) is 16.7. The van der Waals surface area contributed by atoms with Crippen LogP contribution in [0.4, 0.5) is 0 Å². The van der Waals surface area contributed by atoms with E-state index in [0.717, 1.165) is 23.0 Å². The zero-order chi connectivity index (χ0) is 13.1. The maximum absolute atomic E-state index is 5.68. The first-order valence-electron chi connectivity index (χ1n) is 7.26. The fraction of sp³-hybridized carbons (Fsp3) is 0.412. The molecule has 0 radical (unpaired) electrons. The predicted octanol–water partition coefficient (Wildman–Crippen LogP) is 4.45. The molecule has 1 aliphatic carbocycles. The SMILES string of the molecule is NCc1ccc(-c2ccc(C3CCCCC3)cc2)o1. The molecule has 1 fully saturated rings. The van der Waals surface area contributed by atoms with Crippen LogP contribution in [-0.4, -0.2) is 0 Å². The third kappa shape index (κ3) is 2.74. The van der Waals surface area contributed by atoms with E-state index in [9.17, 15) is 0 Å². The van der Waals surface area contributed by atoms with Crippen LogP contribution in [0.1, 0.15) is 49.3 Å². The summed E-state index contributed by atoms with van der Waals surface area (Å²) in [5.41, 5.74) is 8.19. The van der Waals surface area contributed by atoms with E-state index < -0.39 is 0 Å². The van der Waals surface area contributed by atoms with Crippen LogP contribution >= 0.6 is 0 Å². The van der Waals surface area contributed by atoms with Gasteiger partial charge in [0.1, 0.15) is 11.5 Å². The van der Waals surface area contributed by atoms with E-state index in [1.54, 1.807) is 0 Å². The molecule has 3 rings (SSSR count). The summed E-state index contributed by atoms with van der Waals surface area (Å²) in [6.07, 6.45) is 6.85. The van der Waals surface area contributed by atoms with Crippen LogP contribution in [0.5, 0.6) is 0 Å². The molecule has 0 saturated heterocycles. The second kappa shape index (κ2) is 5.62. The summed E-state index contributed by atoms with van der Waals surface area (Å²) >= 11 is 0. The van der Waals surface area contributed by atoms with Gasteiger partial charge in [0.15, 0.2) is 0 Å². The minimum Gasteiger partial charge on any atom is -0.460 e. The van der Waals surface area contributed by atoms with Crippen molar-refractivity contribution >= 4 is 0 Å². The van der Waals surface area contributed by atoms with Crippen LogP contribution in [0.25, 0.3) is 11.3 Å². The summed E-state index contributed by atoms with van der Waals surface area (Å²) < 4.78 is 5.68. The minimum atomic E-state index is 0.458. The van der Waals surface area contributed by atoms with Crippen molar-refractivity contribution in [1.82, 2.24) is 0 Å². The molecule has 0 atom stereocenters. The van der Waals surface area contributed by atoms with E-state index in [1.165, 1.54) is 37.7 Å². The van der Waals surface area contributed by atoms with Crippen molar-refractivity contribution in [2.75, 3.05) is 0 Å². The molecule has 2 nitrogen and oxygen atoms in total. The van der Waals surface area contributed by atoms with Gasteiger partial charge in [-0.1, -0.05) is 43.5 Å². The van der Waals surface area contributed by atoms with Crippen molar-refractivity contribution in [2.45, 2.75) is 44.6 Å². The van der Waals surface area contributed by atoms with Gasteiger partial charge in [-0.2, -0.15) is 0 Å². The number of hydrogen-bond acceptors (Lipinski definition) is 2. The summed E-state index contributed by atoms with van der Waals surface area (Å²) in [6.45, 7) is 0.458. The van der Waals surface area contributed by atoms with Crippen LogP contribution in [0.15, 0.2) is 40.8 Å². The molecule has 2 heteroatoms. The van der Waals surface area contributed by atoms with Gasteiger partial charge in [-0.25, -0.2) is 0 Å². The molecule has 1 saturated carbocycles. The van der Waals surface area contributed by atoms with E-state index >= 15 is 0 Å². The first-order valence-corrected chi connectivity index (χ1v) is 7.26. The van der Waals surface area contributed by atoms with Gasteiger partial charge in [-0.3, -0.25) is 0 Å². The Bertz CT molecular complexity index is 520. The van der Waals surface area contributed by atoms with Crippen molar-refractivity contribution in [3.05, 3.63) is 47.7 Å². The first kappa shape index (κ1) is 12.5. The van der Waals surface area contributed by atoms with Crippen LogP contribution < -0.4 is 5.73 Å². The smallest absolute Gasteiger partial charge is 0.134 e. The van der Waals surface area contributed by atoms with Crippen LogP contribution in [0, 0.1) is 0 Å². The highest BCUT2D eigenvalue weighted by molar-refractivity contribution is 5.58. The minimum absolute atomic E-state index is 0.458. The number of hydrogen-bond donors (Lipinski definition) is 1. The number of nitrogens with two attached hydrogens (primary N) is 1. The van der Waals surface area contributed by atoms with E-state index in [-0.39, 0.29) is 0 Å². The van der Waals surface area contributed by atoms with Gasteiger partial charge >= 0.3 is 0 Å². The molecule has 2 N–H and O–H groups in total. The Kier molecular flexibility index (Phi) is 3.69. The van der Waals surface area contributed by atoms with Crippen LogP contribution in [-0.2, 0) is 6.54 Å². The topological polar surface area (TPSA) is 39.2 Å². The van der Waals surface area contributed by atoms with Gasteiger partial charge in [-0.15, -0.1) is 0 Å². The summed E-state index contributed by atoms with van der Waals surface area (Å²) in [4.78, 5) is 0. The predicted molar refractivity (Wildman–Crippen MR) is 77.9 cm³/mol. The maximum atomic E-state index is 5.68. The number of rotatable bonds is 3. The molecule has 1 heterocycles. The monoisotopic (exact) mass is 255 g/mol. The summed E-state index contributed by atoms with van der Waals surface area (Å²) in [6, 6.07) is 12.8. The zero-order valence-electron chi connectivity index (χ0n) is 11.3. The highest BCUT2D eigenvalue weighted by Gasteiger charge is 2.15. The first-order chi connectivity index (χ1) is 9.36. The second-order valence-electron chi connectivity index (χ2n) is 5.43. The molecule has 1 aromatic carbocycles. The lowest BCUT2D eigenvalue weighted by Crippen LogP contribution is -2.04. The fourth-order valence-corrected chi connectivity index (χ4v) is 3.00. The van der Waals surface area contributed by atoms with Gasteiger partial charge in [0.25, 0.3) is 0 Å². The Labute approximate surface area is 114 Å². The zero-order valence-corrected chi connectivity index (χ0v) is 11.3. The Morgan fingerprint density at radius 3 is 2.32 bits per heavy atom. The lowest BCUT2D eigenvalue weighted by Gasteiger charge is -2.21. The van der Waals surface area contributed by atoms with Crippen molar-refractivity contribution in [1.29, 1.82) is 0 Å². The van der Waals surface area contributed by atoms with Crippen LogP contribution in [0.3, 0.4) is 0 Å². The van der Waals surface area contributed by atoms with Crippen molar-refractivity contribution in [3.63, 3.8) is 0 Å². The molecule has 0 amide bonds. The fourth-order valence-electron chi connectivity index (χ4n) is 3.00. The molecule has 100 valence electrons. The summed E-state index contributed by atoms with van der Waals surface area (Å²) in [7, 11) is 0. The summed E-state index contributed by atoms with van der Waals surface area (Å²) in [5, 5.41) is 0. The highest BCUT2D eigenvalue weighted by atomic mass is 16.3. The standard InChI is InChI=1S/C17H21NO/c18-12-16-10-11-17(19-16)15-8-6-14(7-9-15)13-4-2-1-3-5-13/h6-11,13H,1-5,12,18H2. The van der Waals surface area contributed by atoms with E-state index in [1.807, 2.05) is 12.1 Å². The number of benzene rings is 1. The molecule has 0 aliphatic heterocycles. The molecule has 2 aromatic rings. The lowest BCUT2D eigenvalue weighted by atomic mass is 9.84. The molecule has 19 heavy (non-hydrogen) atoms. The summed E-state index contributed by atoms with van der Waals surface area (Å²) in [5.74, 6) is 2.51. The van der Waals surface area contributed by atoms with E-state index in [4.69, 9.17) is 10.2 Å². The van der Waals surface area contributed by atoms with Gasteiger partial charge in [0.05, 0.1) is 6.54 Å². The molecule has 0 bridgehead atoms. The molecule has 0 spiro atoms. The largest absolute Gasteiger partial charge is 0.460 e. The van der Waals surface area contributed by atoms with Gasteiger partial charge < -0.3 is 10.2 Å². The van der Waals surface area contributed by atoms with Crippen LogP contribution in [0.2, 0.25) is 0 Å². The Hall–Kier alpha value is -1.54. The maximum Gasteiger partial charge on any atom is 0.134 e. The lowest BCUT2D eigenvalue weighted by molar-refractivity contribution is 0.443. The van der Waals surface area contributed by atoms with E-state index in [2.05, 4.69) is 24.3 Å². The number of furan rings is 1. The third-order valence-electron chi connectivity index (χ3n) is 4.13. The average Bonchev–Trinajstić information content (AvgIpc) is 2.97. The average molecular weight is 255 g/mol. The molecular formula is C17H21NO. The van der Waals surface area contributed by atoms with Gasteiger partial charge in [0, 0.05) is 5.56 Å². The Balaban J connectivity index is 1.78. The Morgan fingerprint density at radius 2 is 1.68 bits per heavy atom. The van der Waals surface area contributed by atoms with Gasteiger partial charge in [0.2, 0.25) is 0 Å². The highest BCUT2D eigenvalue weighted by Crippen LogP contribution is 2.33. The molecule has 1 aliphatic rings. The van der Waals surface area contributed by atoms with Crippen molar-refractivity contribution in [3.8, 4) is 11.3 Å². The molecule has 1 aromatic heterocycles.